The minimum absolute atomic E-state index is 0.0947. The second-order valence-corrected chi connectivity index (χ2v) is 6.25. The summed E-state index contributed by atoms with van der Waals surface area (Å²) in [7, 11) is 0. The summed E-state index contributed by atoms with van der Waals surface area (Å²) < 4.78 is 12.6. The molecule has 0 aliphatic carbocycles. The number of hydrogen-bond donors (Lipinski definition) is 0. The van der Waals surface area contributed by atoms with Crippen LogP contribution >= 0.6 is 31.9 Å². The van der Waals surface area contributed by atoms with Gasteiger partial charge in [0.25, 0.3) is 0 Å². The number of carbonyl (C=O) groups excluding carboxylic acids is 1. The van der Waals surface area contributed by atoms with Gasteiger partial charge in [-0.3, -0.25) is 4.79 Å². The minimum Gasteiger partial charge on any atom is -0.494 e. The number of rotatable bonds is 9. The molecule has 0 aromatic heterocycles. The van der Waals surface area contributed by atoms with Crippen molar-refractivity contribution in [3.8, 4) is 5.75 Å². The Hall–Kier alpha value is -0.550. The van der Waals surface area contributed by atoms with Crippen molar-refractivity contribution < 1.29 is 14.3 Å². The number of hydrogen-bond acceptors (Lipinski definition) is 3. The Morgan fingerprint density at radius 3 is 2.35 bits per heavy atom. The second kappa shape index (κ2) is 10.2. The lowest BCUT2D eigenvalue weighted by molar-refractivity contribution is -0.143. The average Bonchev–Trinajstić information content (AvgIpc) is 2.36. The first-order chi connectivity index (χ1) is 9.61. The number of esters is 1. The van der Waals surface area contributed by atoms with Gasteiger partial charge >= 0.3 is 5.97 Å². The van der Waals surface area contributed by atoms with Gasteiger partial charge in [-0.2, -0.15) is 0 Å². The molecule has 0 saturated carbocycles. The van der Waals surface area contributed by atoms with Crippen LogP contribution in [0.3, 0.4) is 0 Å². The van der Waals surface area contributed by atoms with E-state index < -0.39 is 0 Å². The van der Waals surface area contributed by atoms with E-state index in [-0.39, 0.29) is 5.97 Å². The lowest BCUT2D eigenvalue weighted by Crippen LogP contribution is -2.03. The molecule has 0 amide bonds. The Labute approximate surface area is 137 Å². The van der Waals surface area contributed by atoms with E-state index >= 15 is 0 Å². The van der Waals surface area contributed by atoms with Crippen molar-refractivity contribution in [1.29, 1.82) is 0 Å². The van der Waals surface area contributed by atoms with Crippen molar-refractivity contribution in [3.63, 3.8) is 0 Å². The van der Waals surface area contributed by atoms with E-state index in [1.807, 2.05) is 25.1 Å². The largest absolute Gasteiger partial charge is 0.494 e. The Morgan fingerprint density at radius 1 is 1.05 bits per heavy atom. The molecule has 0 spiro atoms. The molecular weight excluding hydrogens is 388 g/mol. The van der Waals surface area contributed by atoms with Crippen molar-refractivity contribution >= 4 is 37.8 Å². The van der Waals surface area contributed by atoms with Gasteiger partial charge in [0.15, 0.2) is 0 Å². The molecule has 0 fully saturated rings. The van der Waals surface area contributed by atoms with E-state index in [1.54, 1.807) is 0 Å². The van der Waals surface area contributed by atoms with Gasteiger partial charge in [0.1, 0.15) is 5.75 Å². The maximum absolute atomic E-state index is 11.1. The Morgan fingerprint density at radius 2 is 1.70 bits per heavy atom. The normalized spacial score (nSPS) is 10.3. The summed E-state index contributed by atoms with van der Waals surface area (Å²) in [6, 6.07) is 5.87. The SMILES string of the molecule is CCOC(=O)CCCCCCOc1cc(Br)cc(Br)c1. The molecule has 0 heterocycles. The van der Waals surface area contributed by atoms with E-state index in [0.717, 1.165) is 40.4 Å². The van der Waals surface area contributed by atoms with Crippen LogP contribution in [-0.2, 0) is 9.53 Å². The molecule has 0 aliphatic heterocycles. The highest BCUT2D eigenvalue weighted by Crippen LogP contribution is 2.25. The van der Waals surface area contributed by atoms with Gasteiger partial charge in [-0.05, 0) is 38.0 Å². The van der Waals surface area contributed by atoms with Gasteiger partial charge < -0.3 is 9.47 Å². The third-order valence-corrected chi connectivity index (χ3v) is 3.60. The molecule has 1 aromatic rings. The fraction of sp³-hybridized carbons (Fsp3) is 0.533. The van der Waals surface area contributed by atoms with E-state index in [4.69, 9.17) is 9.47 Å². The number of halogens is 2. The van der Waals surface area contributed by atoms with Gasteiger partial charge in [0.05, 0.1) is 13.2 Å². The third-order valence-electron chi connectivity index (χ3n) is 2.69. The molecule has 0 unspecified atom stereocenters. The Bertz CT molecular complexity index is 401. The van der Waals surface area contributed by atoms with Crippen LogP contribution in [0, 0.1) is 0 Å². The van der Waals surface area contributed by atoms with Crippen LogP contribution in [-0.4, -0.2) is 19.2 Å². The smallest absolute Gasteiger partial charge is 0.305 e. The zero-order valence-corrected chi connectivity index (χ0v) is 14.8. The standard InChI is InChI=1S/C15H20Br2O3/c1-2-19-15(18)7-5-3-4-6-8-20-14-10-12(16)9-13(17)11-14/h9-11H,2-8H2,1H3. The van der Waals surface area contributed by atoms with Crippen LogP contribution in [0.4, 0.5) is 0 Å². The Kier molecular flexibility index (Phi) is 8.94. The van der Waals surface area contributed by atoms with Crippen molar-refractivity contribution in [2.45, 2.75) is 39.0 Å². The number of benzene rings is 1. The molecule has 0 saturated heterocycles. The summed E-state index contributed by atoms with van der Waals surface area (Å²) in [4.78, 5) is 11.1. The molecule has 0 aliphatic rings. The molecule has 5 heteroatoms. The molecular formula is C15H20Br2O3. The van der Waals surface area contributed by atoms with E-state index in [0.29, 0.717) is 19.6 Å². The lowest BCUT2D eigenvalue weighted by Gasteiger charge is -2.07. The molecule has 0 N–H and O–H groups in total. The monoisotopic (exact) mass is 406 g/mol. The number of ether oxygens (including phenoxy) is 2. The van der Waals surface area contributed by atoms with Crippen molar-refractivity contribution in [1.82, 2.24) is 0 Å². The highest BCUT2D eigenvalue weighted by molar-refractivity contribution is 9.11. The third kappa shape index (κ3) is 7.90. The highest BCUT2D eigenvalue weighted by atomic mass is 79.9. The summed E-state index contributed by atoms with van der Waals surface area (Å²) >= 11 is 6.86. The summed E-state index contributed by atoms with van der Waals surface area (Å²) in [6.45, 7) is 2.99. The second-order valence-electron chi connectivity index (χ2n) is 4.42. The van der Waals surface area contributed by atoms with Gasteiger partial charge in [0, 0.05) is 15.4 Å². The van der Waals surface area contributed by atoms with E-state index in [1.165, 1.54) is 0 Å². The fourth-order valence-electron chi connectivity index (χ4n) is 1.76. The quantitative estimate of drug-likeness (QED) is 0.421. The van der Waals surface area contributed by atoms with Gasteiger partial charge in [-0.25, -0.2) is 0 Å². The molecule has 0 atom stereocenters. The fourth-order valence-corrected chi connectivity index (χ4v) is 3.01. The van der Waals surface area contributed by atoms with Crippen LogP contribution < -0.4 is 4.74 Å². The molecule has 112 valence electrons. The first-order valence-corrected chi connectivity index (χ1v) is 8.45. The van der Waals surface area contributed by atoms with Crippen molar-refractivity contribution in [3.05, 3.63) is 27.1 Å². The molecule has 20 heavy (non-hydrogen) atoms. The van der Waals surface area contributed by atoms with Crippen LogP contribution in [0.25, 0.3) is 0 Å². The minimum atomic E-state index is -0.0947. The molecule has 1 aromatic carbocycles. The van der Waals surface area contributed by atoms with Crippen LogP contribution in [0.15, 0.2) is 27.1 Å². The van der Waals surface area contributed by atoms with Crippen molar-refractivity contribution in [2.24, 2.45) is 0 Å². The Balaban J connectivity index is 2.06. The molecule has 3 nitrogen and oxygen atoms in total. The topological polar surface area (TPSA) is 35.5 Å². The summed E-state index contributed by atoms with van der Waals surface area (Å²) in [6.07, 6.45) is 4.50. The maximum Gasteiger partial charge on any atom is 0.305 e. The van der Waals surface area contributed by atoms with Gasteiger partial charge in [-0.15, -0.1) is 0 Å². The van der Waals surface area contributed by atoms with Crippen LogP contribution in [0.2, 0.25) is 0 Å². The lowest BCUT2D eigenvalue weighted by atomic mass is 10.1. The summed E-state index contributed by atoms with van der Waals surface area (Å²) in [5, 5.41) is 0. The highest BCUT2D eigenvalue weighted by Gasteiger charge is 2.01. The molecule has 1 rings (SSSR count). The number of carbonyl (C=O) groups is 1. The van der Waals surface area contributed by atoms with Gasteiger partial charge in [0.2, 0.25) is 0 Å². The van der Waals surface area contributed by atoms with E-state index in [2.05, 4.69) is 31.9 Å². The predicted octanol–water partition coefficient (Wildman–Crippen LogP) is 5.10. The van der Waals surface area contributed by atoms with Gasteiger partial charge in [-0.1, -0.05) is 44.7 Å². The zero-order valence-electron chi connectivity index (χ0n) is 11.7. The van der Waals surface area contributed by atoms with E-state index in [9.17, 15) is 4.79 Å². The molecule has 0 bridgehead atoms. The summed E-state index contributed by atoms with van der Waals surface area (Å²) in [5.41, 5.74) is 0. The summed E-state index contributed by atoms with van der Waals surface area (Å²) in [5.74, 6) is 0.764. The first kappa shape index (κ1) is 17.5. The molecule has 0 radical (unpaired) electrons. The van der Waals surface area contributed by atoms with Crippen LogP contribution in [0.5, 0.6) is 5.75 Å². The first-order valence-electron chi connectivity index (χ1n) is 6.86. The zero-order chi connectivity index (χ0) is 14.8. The van der Waals surface area contributed by atoms with Crippen molar-refractivity contribution in [2.75, 3.05) is 13.2 Å². The number of unbranched alkanes of at least 4 members (excludes halogenated alkanes) is 3. The predicted molar refractivity (Wildman–Crippen MR) is 87.1 cm³/mol. The maximum atomic E-state index is 11.1. The van der Waals surface area contributed by atoms with Crippen LogP contribution in [0.1, 0.15) is 39.0 Å². The average molecular weight is 408 g/mol.